The molecule has 0 spiro atoms. The van der Waals surface area contributed by atoms with Crippen molar-refractivity contribution < 1.29 is 19.4 Å². The second-order valence-corrected chi connectivity index (χ2v) is 11.7. The Morgan fingerprint density at radius 1 is 0.800 bits per heavy atom. The highest BCUT2D eigenvalue weighted by atomic mass is 16.5. The summed E-state index contributed by atoms with van der Waals surface area (Å²) in [5.74, 6) is 0.998. The molecule has 4 heteroatoms. The fraction of sp³-hybridized carbons (Fsp3) is 0.389. The molecule has 40 heavy (non-hydrogen) atoms. The number of allylic oxidation sites excluding steroid dienone is 6. The van der Waals surface area contributed by atoms with Crippen molar-refractivity contribution in [2.45, 2.75) is 86.7 Å². The van der Waals surface area contributed by atoms with Crippen LogP contribution in [0.3, 0.4) is 0 Å². The number of benzene rings is 2. The summed E-state index contributed by atoms with van der Waals surface area (Å²) in [4.78, 5) is 22.2. The van der Waals surface area contributed by atoms with Crippen molar-refractivity contribution in [3.05, 3.63) is 109 Å². The fourth-order valence-corrected chi connectivity index (χ4v) is 3.21. The van der Waals surface area contributed by atoms with Crippen LogP contribution in [0, 0.1) is 5.41 Å². The van der Waals surface area contributed by atoms with Crippen molar-refractivity contribution in [3.63, 3.8) is 0 Å². The first-order valence-corrected chi connectivity index (χ1v) is 13.6. The molecule has 2 rings (SSSR count). The maximum atomic E-state index is 11.5. The summed E-state index contributed by atoms with van der Waals surface area (Å²) in [5, 5.41) is 10.1. The third-order valence-corrected chi connectivity index (χ3v) is 6.54. The quantitative estimate of drug-likeness (QED) is 0.251. The van der Waals surface area contributed by atoms with Crippen LogP contribution in [0.1, 0.15) is 97.1 Å². The van der Waals surface area contributed by atoms with Crippen molar-refractivity contribution in [3.8, 4) is 11.5 Å². The van der Waals surface area contributed by atoms with Crippen LogP contribution in [0.4, 0.5) is 0 Å². The molecular formula is C36H50O4. The van der Waals surface area contributed by atoms with Crippen LogP contribution in [0.25, 0.3) is 0 Å². The molecular weight excluding hydrogens is 496 g/mol. The minimum atomic E-state index is -0.299. The highest BCUT2D eigenvalue weighted by Crippen LogP contribution is 2.35. The Bertz CT molecular complexity index is 1150. The van der Waals surface area contributed by atoms with E-state index in [9.17, 15) is 14.7 Å². The van der Waals surface area contributed by atoms with E-state index in [0.29, 0.717) is 5.56 Å². The van der Waals surface area contributed by atoms with Gasteiger partial charge >= 0.3 is 0 Å². The molecule has 0 saturated carbocycles. The van der Waals surface area contributed by atoms with Crippen molar-refractivity contribution in [2.24, 2.45) is 5.41 Å². The van der Waals surface area contributed by atoms with Gasteiger partial charge in [0.05, 0.1) is 5.56 Å². The SMILES string of the molecule is C=C/C=C\C=C/C=C.CC(=O)c1ccc(C(C)(C)c2ccc(OC(C)(C)C)cc2)cc1O.CCC(C)(C)C(C)=O. The zero-order valence-electron chi connectivity index (χ0n) is 26.3. The number of phenols is 1. The maximum absolute atomic E-state index is 11.5. The molecule has 0 amide bonds. The first kappa shape index (κ1) is 36.3. The van der Waals surface area contributed by atoms with Crippen LogP contribution in [0.15, 0.2) is 92.1 Å². The number of carbonyl (C=O) groups excluding carboxylic acids is 2. The summed E-state index contributed by atoms with van der Waals surface area (Å²) in [6.45, 7) is 26.3. The Balaban J connectivity index is 0.000000780. The number of ketones is 2. The highest BCUT2D eigenvalue weighted by Gasteiger charge is 2.25. The molecule has 0 heterocycles. The number of rotatable bonds is 9. The number of phenolic OH excluding ortho intramolecular Hbond substituents is 1. The molecule has 0 atom stereocenters. The normalized spacial score (nSPS) is 11.7. The van der Waals surface area contributed by atoms with E-state index in [4.69, 9.17) is 4.74 Å². The van der Waals surface area contributed by atoms with Crippen molar-refractivity contribution in [1.82, 2.24) is 0 Å². The zero-order chi connectivity index (χ0) is 31.1. The van der Waals surface area contributed by atoms with E-state index in [-0.39, 0.29) is 33.7 Å². The van der Waals surface area contributed by atoms with Gasteiger partial charge in [-0.25, -0.2) is 0 Å². The van der Waals surface area contributed by atoms with Crippen LogP contribution in [-0.4, -0.2) is 22.3 Å². The Labute approximate surface area is 243 Å². The molecule has 0 unspecified atom stereocenters. The number of hydrogen-bond donors (Lipinski definition) is 1. The lowest BCUT2D eigenvalue weighted by atomic mass is 9.77. The summed E-state index contributed by atoms with van der Waals surface area (Å²) in [7, 11) is 0. The minimum absolute atomic E-state index is 0.0285. The zero-order valence-corrected chi connectivity index (χ0v) is 26.3. The second kappa shape index (κ2) is 16.4. The van der Waals surface area contributed by atoms with Gasteiger partial charge in [0.2, 0.25) is 0 Å². The summed E-state index contributed by atoms with van der Waals surface area (Å²) in [6, 6.07) is 13.3. The average Bonchev–Trinajstić information content (AvgIpc) is 2.86. The number of hydrogen-bond acceptors (Lipinski definition) is 4. The molecule has 0 aliphatic carbocycles. The molecule has 0 aromatic heterocycles. The van der Waals surface area contributed by atoms with Crippen LogP contribution in [-0.2, 0) is 10.2 Å². The summed E-state index contributed by atoms with van der Waals surface area (Å²) in [6.07, 6.45) is 11.9. The number of Topliss-reactive ketones (excluding diaryl/α,β-unsaturated/α-hetero) is 2. The molecule has 0 fully saturated rings. The van der Waals surface area contributed by atoms with Gasteiger partial charge in [0, 0.05) is 10.8 Å². The van der Waals surface area contributed by atoms with Gasteiger partial charge in [-0.15, -0.1) is 0 Å². The summed E-state index contributed by atoms with van der Waals surface area (Å²) in [5.41, 5.74) is 1.79. The predicted octanol–water partition coefficient (Wildman–Crippen LogP) is 9.58. The highest BCUT2D eigenvalue weighted by molar-refractivity contribution is 5.96. The number of ether oxygens (including phenoxy) is 1. The van der Waals surface area contributed by atoms with E-state index in [1.807, 2.05) is 96.2 Å². The Morgan fingerprint density at radius 2 is 1.27 bits per heavy atom. The first-order chi connectivity index (χ1) is 18.4. The van der Waals surface area contributed by atoms with Crippen molar-refractivity contribution >= 4 is 11.6 Å². The molecule has 0 saturated heterocycles. The van der Waals surface area contributed by atoms with Crippen LogP contribution in [0.5, 0.6) is 11.5 Å². The Morgan fingerprint density at radius 3 is 1.60 bits per heavy atom. The molecule has 4 nitrogen and oxygen atoms in total. The lowest BCUT2D eigenvalue weighted by Gasteiger charge is -2.27. The third kappa shape index (κ3) is 12.9. The van der Waals surface area contributed by atoms with E-state index in [1.54, 1.807) is 31.2 Å². The third-order valence-electron chi connectivity index (χ3n) is 6.54. The van der Waals surface area contributed by atoms with E-state index >= 15 is 0 Å². The molecule has 218 valence electrons. The van der Waals surface area contributed by atoms with Gasteiger partial charge in [-0.3, -0.25) is 9.59 Å². The number of aromatic hydroxyl groups is 1. The molecule has 2 aromatic rings. The van der Waals surface area contributed by atoms with Crippen LogP contribution in [0.2, 0.25) is 0 Å². The average molecular weight is 547 g/mol. The Kier molecular flexibility index (Phi) is 14.9. The van der Waals surface area contributed by atoms with E-state index in [2.05, 4.69) is 27.0 Å². The molecule has 1 N–H and O–H groups in total. The molecule has 2 aromatic carbocycles. The smallest absolute Gasteiger partial charge is 0.163 e. The maximum Gasteiger partial charge on any atom is 0.163 e. The van der Waals surface area contributed by atoms with Gasteiger partial charge < -0.3 is 9.84 Å². The van der Waals surface area contributed by atoms with Crippen LogP contribution >= 0.6 is 0 Å². The monoisotopic (exact) mass is 546 g/mol. The van der Waals surface area contributed by atoms with Crippen molar-refractivity contribution in [1.29, 1.82) is 0 Å². The van der Waals surface area contributed by atoms with Gasteiger partial charge in [0.1, 0.15) is 22.9 Å². The van der Waals surface area contributed by atoms with Crippen LogP contribution < -0.4 is 4.74 Å². The standard InChI is InChI=1S/C21H26O3.C8H10.C7H14O/c1-14(22)18-12-9-16(13-19(18)23)21(5,6)15-7-10-17(11-8-15)24-20(2,3)4;1-3-5-7-8-6-4-2;1-5-7(3,4)6(2)8/h7-13,23H,1-6H3;3-8H,1-2H2;5H2,1-4H3/b;7-5-,8-6-;. The number of carbonyl (C=O) groups is 2. The molecule has 0 radical (unpaired) electrons. The fourth-order valence-electron chi connectivity index (χ4n) is 3.21. The predicted molar refractivity (Wildman–Crippen MR) is 170 cm³/mol. The van der Waals surface area contributed by atoms with E-state index in [1.165, 1.54) is 6.92 Å². The van der Waals surface area contributed by atoms with Gasteiger partial charge in [-0.2, -0.15) is 0 Å². The lowest BCUT2D eigenvalue weighted by molar-refractivity contribution is -0.124. The lowest BCUT2D eigenvalue weighted by Crippen LogP contribution is -2.23. The minimum Gasteiger partial charge on any atom is -0.507 e. The van der Waals surface area contributed by atoms with Gasteiger partial charge in [-0.05, 0) is 76.4 Å². The summed E-state index contributed by atoms with van der Waals surface area (Å²) < 4.78 is 5.86. The molecule has 0 aliphatic heterocycles. The van der Waals surface area contributed by atoms with E-state index in [0.717, 1.165) is 23.3 Å². The largest absolute Gasteiger partial charge is 0.507 e. The Hall–Kier alpha value is -3.66. The van der Waals surface area contributed by atoms with Gasteiger partial charge in [0.15, 0.2) is 5.78 Å². The van der Waals surface area contributed by atoms with Crippen molar-refractivity contribution in [2.75, 3.05) is 0 Å². The second-order valence-electron chi connectivity index (χ2n) is 11.7. The van der Waals surface area contributed by atoms with Gasteiger partial charge in [-0.1, -0.05) is 102 Å². The van der Waals surface area contributed by atoms with E-state index < -0.39 is 0 Å². The van der Waals surface area contributed by atoms with Gasteiger partial charge in [0.25, 0.3) is 0 Å². The summed E-state index contributed by atoms with van der Waals surface area (Å²) >= 11 is 0. The molecule has 0 bridgehead atoms. The topological polar surface area (TPSA) is 63.6 Å². The molecule has 0 aliphatic rings. The first-order valence-electron chi connectivity index (χ1n) is 13.6.